The van der Waals surface area contributed by atoms with E-state index in [2.05, 4.69) is 0 Å². The highest BCUT2D eigenvalue weighted by atomic mass is 35.5. The molecule has 0 amide bonds. The molecule has 0 nitrogen and oxygen atoms in total. The van der Waals surface area contributed by atoms with Gasteiger partial charge < -0.3 is 0 Å². The maximum atomic E-state index is 11.4. The zero-order valence-electron chi connectivity index (χ0n) is 3.17. The zero-order valence-corrected chi connectivity index (χ0v) is 5.43. The maximum Gasteiger partial charge on any atom is 0.187 e. The van der Waals surface area contributed by atoms with E-state index in [1.807, 2.05) is 0 Å². The van der Waals surface area contributed by atoms with Crippen LogP contribution in [-0.2, 0) is 0 Å². The lowest BCUT2D eigenvalue weighted by Crippen LogP contribution is -1.74. The summed E-state index contributed by atoms with van der Waals surface area (Å²) in [6, 6.07) is 0. The van der Waals surface area contributed by atoms with E-state index in [1.54, 1.807) is 0 Å². The van der Waals surface area contributed by atoms with Gasteiger partial charge in [-0.2, -0.15) is 4.39 Å². The first kappa shape index (κ1) is 7.54. The Morgan fingerprint density at radius 1 is 1.57 bits per heavy atom. The van der Waals surface area contributed by atoms with Crippen LogP contribution >= 0.6 is 34.8 Å². The lowest BCUT2D eigenvalue weighted by atomic mass is 10.7. The molecule has 0 aliphatic carbocycles. The molecular weight excluding hydrogens is 161 g/mol. The minimum atomic E-state index is -0.880. The van der Waals surface area contributed by atoms with Gasteiger partial charge in [0, 0.05) is 0 Å². The summed E-state index contributed by atoms with van der Waals surface area (Å²) >= 11 is 14.8. The molecule has 0 aromatic heterocycles. The molecule has 0 aromatic carbocycles. The van der Waals surface area contributed by atoms with Crippen LogP contribution in [0.2, 0.25) is 0 Å². The summed E-state index contributed by atoms with van der Waals surface area (Å²) in [4.78, 5) is -0.850. The van der Waals surface area contributed by atoms with Gasteiger partial charge in [-0.1, -0.05) is 11.6 Å². The number of halogens is 4. The molecule has 4 heteroatoms. The van der Waals surface area contributed by atoms with Gasteiger partial charge in [-0.3, -0.25) is 0 Å². The van der Waals surface area contributed by atoms with E-state index < -0.39 is 10.1 Å². The monoisotopic (exact) mass is 162 g/mol. The van der Waals surface area contributed by atoms with Crippen LogP contribution in [0.1, 0.15) is 0 Å². The standard InChI is InChI=1S/C3H2Cl3F/c4-2(5)1-3(6)7/h1-2H/b3-1+. The molecule has 0 aromatic rings. The molecule has 0 fully saturated rings. The van der Waals surface area contributed by atoms with Crippen LogP contribution in [0.3, 0.4) is 0 Å². The summed E-state index contributed by atoms with van der Waals surface area (Å²) in [5, 5.41) is -0.880. The third-order valence-electron chi connectivity index (χ3n) is 0.252. The van der Waals surface area contributed by atoms with Gasteiger partial charge in [0.25, 0.3) is 0 Å². The van der Waals surface area contributed by atoms with Crippen molar-refractivity contribution in [2.75, 3.05) is 0 Å². The van der Waals surface area contributed by atoms with Crippen LogP contribution in [0, 0.1) is 0 Å². The average Bonchev–Trinajstić information content (AvgIpc) is 1.27. The molecule has 0 atom stereocenters. The fourth-order valence-corrected chi connectivity index (χ4v) is 0.571. The van der Waals surface area contributed by atoms with Crippen molar-refractivity contribution in [3.05, 3.63) is 11.4 Å². The summed E-state index contributed by atoms with van der Waals surface area (Å²) < 4.78 is 11.4. The number of hydrogen-bond donors (Lipinski definition) is 0. The summed E-state index contributed by atoms with van der Waals surface area (Å²) in [5.74, 6) is 0. The maximum absolute atomic E-state index is 11.4. The fourth-order valence-electron chi connectivity index (χ4n) is 0.0952. The predicted octanol–water partition coefficient (Wildman–Crippen LogP) is 2.84. The molecule has 0 radical (unpaired) electrons. The van der Waals surface area contributed by atoms with E-state index >= 15 is 0 Å². The zero-order chi connectivity index (χ0) is 5.86. The van der Waals surface area contributed by atoms with E-state index in [-0.39, 0.29) is 0 Å². The molecule has 7 heavy (non-hydrogen) atoms. The first-order valence-electron chi connectivity index (χ1n) is 1.44. The number of allylic oxidation sites excluding steroid dienone is 1. The van der Waals surface area contributed by atoms with Crippen molar-refractivity contribution in [2.45, 2.75) is 4.84 Å². The molecule has 42 valence electrons. The Morgan fingerprint density at radius 3 is 2.00 bits per heavy atom. The number of rotatable bonds is 1. The van der Waals surface area contributed by atoms with Crippen molar-refractivity contribution in [1.29, 1.82) is 0 Å². The number of hydrogen-bond acceptors (Lipinski definition) is 0. The van der Waals surface area contributed by atoms with E-state index in [4.69, 9.17) is 34.8 Å². The molecule has 0 spiro atoms. The molecular formula is C3H2Cl3F. The second-order valence-electron chi connectivity index (χ2n) is 0.791. The molecule has 0 saturated heterocycles. The molecule has 0 saturated carbocycles. The Kier molecular flexibility index (Phi) is 3.80. The van der Waals surface area contributed by atoms with Crippen molar-refractivity contribution < 1.29 is 4.39 Å². The topological polar surface area (TPSA) is 0 Å². The van der Waals surface area contributed by atoms with Crippen molar-refractivity contribution in [2.24, 2.45) is 0 Å². The summed E-state index contributed by atoms with van der Waals surface area (Å²) in [7, 11) is 0. The van der Waals surface area contributed by atoms with Crippen molar-refractivity contribution in [3.8, 4) is 0 Å². The van der Waals surface area contributed by atoms with Gasteiger partial charge in [0.15, 0.2) is 5.29 Å². The highest BCUT2D eigenvalue weighted by molar-refractivity contribution is 6.46. The van der Waals surface area contributed by atoms with E-state index in [0.29, 0.717) is 0 Å². The Balaban J connectivity index is 3.45. The van der Waals surface area contributed by atoms with Gasteiger partial charge in [-0.15, -0.1) is 23.2 Å². The van der Waals surface area contributed by atoms with E-state index in [0.717, 1.165) is 6.08 Å². The van der Waals surface area contributed by atoms with Crippen LogP contribution in [-0.4, -0.2) is 4.84 Å². The molecule has 0 unspecified atom stereocenters. The highest BCUT2D eigenvalue weighted by Crippen LogP contribution is 2.10. The van der Waals surface area contributed by atoms with Crippen molar-refractivity contribution >= 4 is 34.8 Å². The Labute approximate surface area is 55.9 Å². The SMILES string of the molecule is F/C(Cl)=C/C(Cl)Cl. The molecule has 0 heterocycles. The van der Waals surface area contributed by atoms with Crippen LogP contribution in [0.25, 0.3) is 0 Å². The van der Waals surface area contributed by atoms with Gasteiger partial charge >= 0.3 is 0 Å². The average molecular weight is 163 g/mol. The summed E-state index contributed by atoms with van der Waals surface area (Å²) in [6.07, 6.45) is 0.880. The van der Waals surface area contributed by atoms with Gasteiger partial charge in [0.05, 0.1) is 0 Å². The van der Waals surface area contributed by atoms with Crippen molar-refractivity contribution in [3.63, 3.8) is 0 Å². The lowest BCUT2D eigenvalue weighted by molar-refractivity contribution is 0.692. The minimum absolute atomic E-state index is 0.850. The van der Waals surface area contributed by atoms with E-state index in [9.17, 15) is 4.39 Å². The first-order valence-corrected chi connectivity index (χ1v) is 2.69. The van der Waals surface area contributed by atoms with Gasteiger partial charge in [-0.05, 0) is 6.08 Å². The molecule has 0 bridgehead atoms. The highest BCUT2D eigenvalue weighted by Gasteiger charge is 1.92. The summed E-state index contributed by atoms with van der Waals surface area (Å²) in [5.41, 5.74) is 0. The second-order valence-corrected chi connectivity index (χ2v) is 2.32. The van der Waals surface area contributed by atoms with Gasteiger partial charge in [0.1, 0.15) is 4.84 Å². The predicted molar refractivity (Wildman–Crippen MR) is 30.5 cm³/mol. The normalized spacial score (nSPS) is 13.0. The molecule has 0 aliphatic heterocycles. The Morgan fingerprint density at radius 2 is 2.00 bits per heavy atom. The van der Waals surface area contributed by atoms with Crippen molar-refractivity contribution in [1.82, 2.24) is 0 Å². The first-order chi connectivity index (χ1) is 3.13. The van der Waals surface area contributed by atoms with Gasteiger partial charge in [-0.25, -0.2) is 0 Å². The molecule has 0 rings (SSSR count). The fraction of sp³-hybridized carbons (Fsp3) is 0.333. The number of alkyl halides is 2. The van der Waals surface area contributed by atoms with Crippen LogP contribution < -0.4 is 0 Å². The van der Waals surface area contributed by atoms with Crippen LogP contribution in [0.4, 0.5) is 4.39 Å². The third-order valence-corrected chi connectivity index (χ3v) is 0.630. The largest absolute Gasteiger partial charge is 0.194 e. The molecule has 0 aliphatic rings. The quantitative estimate of drug-likeness (QED) is 0.522. The smallest absolute Gasteiger partial charge is 0.187 e. The van der Waals surface area contributed by atoms with Crippen LogP contribution in [0.5, 0.6) is 0 Å². The van der Waals surface area contributed by atoms with Gasteiger partial charge in [0.2, 0.25) is 0 Å². The van der Waals surface area contributed by atoms with E-state index in [1.165, 1.54) is 0 Å². The lowest BCUT2D eigenvalue weighted by Gasteiger charge is -1.83. The molecule has 0 N–H and O–H groups in total. The summed E-state index contributed by atoms with van der Waals surface area (Å²) in [6.45, 7) is 0. The minimum Gasteiger partial charge on any atom is -0.194 e. The van der Waals surface area contributed by atoms with Crippen LogP contribution in [0.15, 0.2) is 11.4 Å². The second kappa shape index (κ2) is 3.53. The Bertz CT molecular complexity index is 74.2. The Hall–Kier alpha value is 0.540. The third kappa shape index (κ3) is 6.54.